The molecule has 9 nitrogen and oxygen atoms in total. The van der Waals surface area contributed by atoms with E-state index in [-0.39, 0.29) is 34.3 Å². The van der Waals surface area contributed by atoms with Crippen molar-refractivity contribution in [1.82, 2.24) is 14.8 Å². The molecular formula is C29H29FN4O5. The van der Waals surface area contributed by atoms with E-state index in [1.165, 1.54) is 12.3 Å². The molecule has 1 unspecified atom stereocenters. The topological polar surface area (TPSA) is 93.1 Å². The molecule has 0 spiro atoms. The van der Waals surface area contributed by atoms with Gasteiger partial charge in [0, 0.05) is 32.4 Å². The van der Waals surface area contributed by atoms with Crippen molar-refractivity contribution < 1.29 is 23.5 Å². The van der Waals surface area contributed by atoms with Gasteiger partial charge in [-0.3, -0.25) is 9.59 Å². The predicted octanol–water partition coefficient (Wildman–Crippen LogP) is 4.18. The summed E-state index contributed by atoms with van der Waals surface area (Å²) in [5.74, 6) is -0.412. The third-order valence-corrected chi connectivity index (χ3v) is 7.21. The van der Waals surface area contributed by atoms with E-state index in [1.54, 1.807) is 47.3 Å². The second-order valence-corrected chi connectivity index (χ2v) is 11.2. The van der Waals surface area contributed by atoms with E-state index in [1.807, 2.05) is 0 Å². The van der Waals surface area contributed by atoms with Gasteiger partial charge in [0.2, 0.25) is 5.43 Å². The molecule has 0 bridgehead atoms. The number of ether oxygens (including phenoxy) is 2. The number of fused-ring (bicyclic) bond motifs is 2. The van der Waals surface area contributed by atoms with Crippen LogP contribution in [0.25, 0.3) is 16.6 Å². The molecule has 4 heterocycles. The number of pyridine rings is 1. The molecule has 3 aliphatic heterocycles. The van der Waals surface area contributed by atoms with Crippen LogP contribution in [0.2, 0.25) is 0 Å². The average Bonchev–Trinajstić information content (AvgIpc) is 3.57. The first-order valence-electron chi connectivity index (χ1n) is 13.2. The van der Waals surface area contributed by atoms with Crippen LogP contribution in [0.5, 0.6) is 11.5 Å². The van der Waals surface area contributed by atoms with Gasteiger partial charge in [0.05, 0.1) is 11.4 Å². The molecule has 2 saturated heterocycles. The lowest BCUT2D eigenvalue weighted by molar-refractivity contribution is 0.0508. The summed E-state index contributed by atoms with van der Waals surface area (Å²) in [6.07, 6.45) is 3.32. The first kappa shape index (κ1) is 25.0. The van der Waals surface area contributed by atoms with Gasteiger partial charge in [0.25, 0.3) is 5.91 Å². The molecule has 202 valence electrons. The van der Waals surface area contributed by atoms with Crippen LogP contribution in [0.3, 0.4) is 0 Å². The Morgan fingerprint density at radius 2 is 1.97 bits per heavy atom. The van der Waals surface area contributed by atoms with Crippen molar-refractivity contribution in [3.63, 3.8) is 0 Å². The highest BCUT2D eigenvalue weighted by Crippen LogP contribution is 2.46. The molecule has 10 heteroatoms. The normalized spacial score (nSPS) is 18.0. The number of benzene rings is 1. The highest BCUT2D eigenvalue weighted by Gasteiger charge is 2.35. The molecule has 0 radical (unpaired) electrons. The molecular weight excluding hydrogens is 503 g/mol. The van der Waals surface area contributed by atoms with E-state index in [0.717, 1.165) is 12.8 Å². The van der Waals surface area contributed by atoms with E-state index in [2.05, 4.69) is 17.4 Å². The van der Waals surface area contributed by atoms with Crippen LogP contribution in [-0.2, 0) is 4.74 Å². The van der Waals surface area contributed by atoms with Crippen LogP contribution >= 0.6 is 0 Å². The Labute approximate surface area is 225 Å². The fourth-order valence-electron chi connectivity index (χ4n) is 5.52. The molecule has 3 aliphatic rings. The number of halogens is 1. The minimum Gasteiger partial charge on any atom is -0.450 e. The highest BCUT2D eigenvalue weighted by molar-refractivity contribution is 6.01. The average molecular weight is 533 g/mol. The summed E-state index contributed by atoms with van der Waals surface area (Å²) in [6, 6.07) is 10.2. The molecule has 3 aromatic rings. The van der Waals surface area contributed by atoms with Crippen molar-refractivity contribution in [2.45, 2.75) is 51.7 Å². The molecule has 2 fully saturated rings. The van der Waals surface area contributed by atoms with Crippen molar-refractivity contribution in [3.8, 4) is 17.2 Å². The van der Waals surface area contributed by atoms with Gasteiger partial charge in [-0.15, -0.1) is 0 Å². The van der Waals surface area contributed by atoms with Gasteiger partial charge < -0.3 is 29.2 Å². The molecule has 39 heavy (non-hydrogen) atoms. The fourth-order valence-corrected chi connectivity index (χ4v) is 5.52. The van der Waals surface area contributed by atoms with Gasteiger partial charge >= 0.3 is 6.09 Å². The van der Waals surface area contributed by atoms with Crippen molar-refractivity contribution in [2.24, 2.45) is 0 Å². The molecule has 0 aliphatic carbocycles. The summed E-state index contributed by atoms with van der Waals surface area (Å²) in [4.78, 5) is 42.6. The van der Waals surface area contributed by atoms with Gasteiger partial charge in [0.15, 0.2) is 17.3 Å². The lowest BCUT2D eigenvalue weighted by Gasteiger charge is -2.29. The smallest absolute Gasteiger partial charge is 0.407 e. The SMILES string of the molecule is CC(C)(C)OC(=O)NC1CCN(c2c(F)cc3c(=O)c(C(=O)N4CCCC4)cn4c3c2Oc2ccc#cc2-4)C1. The van der Waals surface area contributed by atoms with Gasteiger partial charge in [0.1, 0.15) is 28.1 Å². The summed E-state index contributed by atoms with van der Waals surface area (Å²) < 4.78 is 29.1. The summed E-state index contributed by atoms with van der Waals surface area (Å²) in [6.45, 7) is 7.32. The Morgan fingerprint density at radius 1 is 1.21 bits per heavy atom. The lowest BCUT2D eigenvalue weighted by atomic mass is 10.1. The van der Waals surface area contributed by atoms with Crippen molar-refractivity contribution >= 4 is 28.6 Å². The summed E-state index contributed by atoms with van der Waals surface area (Å²) in [5, 5.41) is 2.91. The van der Waals surface area contributed by atoms with Crippen LogP contribution in [-0.4, -0.2) is 59.3 Å². The molecule has 2 aromatic carbocycles. The number of alkyl carbamates (subject to hydrolysis) is 1. The zero-order chi connectivity index (χ0) is 27.5. The number of hydrogen-bond donors (Lipinski definition) is 1. The molecule has 1 N–H and O–H groups in total. The van der Waals surface area contributed by atoms with Crippen molar-refractivity contribution in [3.05, 3.63) is 58.1 Å². The Kier molecular flexibility index (Phi) is 5.90. The van der Waals surface area contributed by atoms with E-state index in [4.69, 9.17) is 9.47 Å². The highest BCUT2D eigenvalue weighted by atomic mass is 19.1. The van der Waals surface area contributed by atoms with Gasteiger partial charge in [-0.05, 0) is 64.3 Å². The number of aromatic nitrogens is 1. The zero-order valence-electron chi connectivity index (χ0n) is 22.1. The molecule has 1 aromatic heterocycles. The van der Waals surface area contributed by atoms with Gasteiger partial charge in [-0.25, -0.2) is 9.18 Å². The standard InChI is InChI=1S/C29H29FN4O5/c1-29(2,3)39-28(37)31-17-10-13-33(15-17)24-20(30)14-18-23-26(24)38-22-9-5-4-8-21(22)34(23)16-19(25(18)35)27(36)32-11-6-7-12-32/h5,9,14,16-17H,6-7,10-13,15H2,1-3H3,(H,31,37). The first-order valence-corrected chi connectivity index (χ1v) is 13.2. The first-order chi connectivity index (χ1) is 18.6. The number of hydrogen-bond acceptors (Lipinski definition) is 6. The number of nitrogens with zero attached hydrogens (tertiary/aromatic N) is 3. The number of carbonyl (C=O) groups excluding carboxylic acids is 2. The monoisotopic (exact) mass is 532 g/mol. The van der Waals surface area contributed by atoms with E-state index >= 15 is 4.39 Å². The molecule has 0 saturated carbocycles. The Hall–Kier alpha value is -4.26. The lowest BCUT2D eigenvalue weighted by Crippen LogP contribution is -2.40. The second kappa shape index (κ2) is 9.19. The third-order valence-electron chi connectivity index (χ3n) is 7.21. The van der Waals surface area contributed by atoms with E-state index in [9.17, 15) is 14.4 Å². The summed E-state index contributed by atoms with van der Waals surface area (Å²) in [5.41, 5.74) is -0.153. The Balaban J connectivity index is 1.44. The number of nitrogens with one attached hydrogen (secondary N) is 1. The third kappa shape index (κ3) is 4.42. The Bertz CT molecular complexity index is 1550. The van der Waals surface area contributed by atoms with Crippen LogP contribution in [0.4, 0.5) is 14.9 Å². The van der Waals surface area contributed by atoms with Crippen LogP contribution in [0, 0.1) is 17.9 Å². The Morgan fingerprint density at radius 3 is 2.72 bits per heavy atom. The molecule has 1 atom stereocenters. The number of anilines is 1. The van der Waals surface area contributed by atoms with Crippen LogP contribution in [0.1, 0.15) is 50.4 Å². The maximum Gasteiger partial charge on any atom is 0.407 e. The predicted molar refractivity (Wildman–Crippen MR) is 142 cm³/mol. The number of amides is 2. The van der Waals surface area contributed by atoms with E-state index in [0.29, 0.717) is 49.6 Å². The maximum atomic E-state index is 15.9. The van der Waals surface area contributed by atoms with Crippen molar-refractivity contribution in [2.75, 3.05) is 31.1 Å². The largest absolute Gasteiger partial charge is 0.450 e. The van der Waals surface area contributed by atoms with Crippen LogP contribution in [0.15, 0.2) is 29.2 Å². The van der Waals surface area contributed by atoms with Crippen LogP contribution < -0.4 is 20.4 Å². The number of carbonyl (C=O) groups is 2. The van der Waals surface area contributed by atoms with Gasteiger partial charge in [-0.1, -0.05) is 6.07 Å². The molecule has 2 amide bonds. The minimum absolute atomic E-state index is 0.0181. The maximum absolute atomic E-state index is 15.9. The second-order valence-electron chi connectivity index (χ2n) is 11.2. The summed E-state index contributed by atoms with van der Waals surface area (Å²) in [7, 11) is 0. The minimum atomic E-state index is -0.639. The number of rotatable bonds is 3. The van der Waals surface area contributed by atoms with Gasteiger partial charge in [-0.2, -0.15) is 0 Å². The fraction of sp³-hybridized carbons (Fsp3) is 0.414. The quantitative estimate of drug-likeness (QED) is 0.426. The number of likely N-dealkylation sites (tertiary alicyclic amines) is 1. The summed E-state index contributed by atoms with van der Waals surface area (Å²) >= 11 is 0. The van der Waals surface area contributed by atoms with E-state index < -0.39 is 22.9 Å². The zero-order valence-corrected chi connectivity index (χ0v) is 22.1. The molecule has 6 rings (SSSR count). The van der Waals surface area contributed by atoms with Crippen molar-refractivity contribution in [1.29, 1.82) is 0 Å².